The van der Waals surface area contributed by atoms with Gasteiger partial charge in [0.1, 0.15) is 5.69 Å². The highest BCUT2D eigenvalue weighted by molar-refractivity contribution is 5.92. The van der Waals surface area contributed by atoms with Crippen molar-refractivity contribution in [2.75, 3.05) is 20.2 Å². The molecule has 0 bridgehead atoms. The van der Waals surface area contributed by atoms with Crippen LogP contribution >= 0.6 is 0 Å². The van der Waals surface area contributed by atoms with Crippen molar-refractivity contribution in [1.29, 1.82) is 0 Å². The number of aliphatic hydroxyl groups excluding tert-OH is 1. The van der Waals surface area contributed by atoms with E-state index in [0.29, 0.717) is 12.1 Å². The molecule has 1 N–H and O–H groups in total. The number of aliphatic hydroxyl groups is 1. The standard InChI is InChI=1S/C16H22N2O2/c1-3-4-6-11-18(2)16(20)15-10-9-14(13-17-15)8-5-7-12-19/h9-10,13,19H,3-4,6-7,11-12H2,1-2H3. The van der Waals surface area contributed by atoms with E-state index in [1.807, 2.05) is 0 Å². The van der Waals surface area contributed by atoms with Gasteiger partial charge in [-0.15, -0.1) is 0 Å². The molecule has 0 saturated carbocycles. The molecule has 1 heterocycles. The summed E-state index contributed by atoms with van der Waals surface area (Å²) in [6.07, 6.45) is 5.33. The van der Waals surface area contributed by atoms with Crippen molar-refractivity contribution < 1.29 is 9.90 Å². The summed E-state index contributed by atoms with van der Waals surface area (Å²) in [5.74, 6) is 5.65. The Balaban J connectivity index is 2.59. The molecule has 0 spiro atoms. The predicted molar refractivity (Wildman–Crippen MR) is 79.3 cm³/mol. The fourth-order valence-corrected chi connectivity index (χ4v) is 1.71. The molecule has 1 aromatic heterocycles. The third-order valence-electron chi connectivity index (χ3n) is 2.90. The Morgan fingerprint density at radius 2 is 2.20 bits per heavy atom. The van der Waals surface area contributed by atoms with Gasteiger partial charge in [-0.25, -0.2) is 4.98 Å². The van der Waals surface area contributed by atoms with E-state index in [4.69, 9.17) is 5.11 Å². The Morgan fingerprint density at radius 3 is 2.80 bits per heavy atom. The second kappa shape index (κ2) is 9.11. The third kappa shape index (κ3) is 5.41. The van der Waals surface area contributed by atoms with Crippen LogP contribution in [0, 0.1) is 11.8 Å². The van der Waals surface area contributed by atoms with Crippen molar-refractivity contribution in [3.63, 3.8) is 0 Å². The molecular weight excluding hydrogens is 252 g/mol. The summed E-state index contributed by atoms with van der Waals surface area (Å²) in [6.45, 7) is 2.95. The number of rotatable bonds is 6. The first-order valence-electron chi connectivity index (χ1n) is 7.00. The second-order valence-corrected chi connectivity index (χ2v) is 4.64. The Hall–Kier alpha value is -1.86. The van der Waals surface area contributed by atoms with Crippen LogP contribution in [0.15, 0.2) is 18.3 Å². The van der Waals surface area contributed by atoms with Crippen molar-refractivity contribution >= 4 is 5.91 Å². The zero-order valence-corrected chi connectivity index (χ0v) is 12.2. The van der Waals surface area contributed by atoms with Gasteiger partial charge >= 0.3 is 0 Å². The molecule has 1 rings (SSSR count). The Bertz CT molecular complexity index is 471. The SMILES string of the molecule is CCCCCN(C)C(=O)c1ccc(C#CCCO)cn1. The topological polar surface area (TPSA) is 53.4 Å². The minimum Gasteiger partial charge on any atom is -0.395 e. The van der Waals surface area contributed by atoms with Crippen LogP contribution in [0.1, 0.15) is 48.7 Å². The summed E-state index contributed by atoms with van der Waals surface area (Å²) < 4.78 is 0. The van der Waals surface area contributed by atoms with Crippen LogP contribution < -0.4 is 0 Å². The highest BCUT2D eigenvalue weighted by Gasteiger charge is 2.12. The number of nitrogens with zero attached hydrogens (tertiary/aromatic N) is 2. The molecule has 0 aromatic carbocycles. The van der Waals surface area contributed by atoms with E-state index in [0.717, 1.165) is 31.4 Å². The van der Waals surface area contributed by atoms with Crippen LogP contribution in [-0.2, 0) is 0 Å². The highest BCUT2D eigenvalue weighted by atomic mass is 16.2. The molecule has 0 atom stereocenters. The largest absolute Gasteiger partial charge is 0.395 e. The van der Waals surface area contributed by atoms with E-state index in [9.17, 15) is 4.79 Å². The number of carbonyl (C=O) groups is 1. The van der Waals surface area contributed by atoms with E-state index >= 15 is 0 Å². The fraction of sp³-hybridized carbons (Fsp3) is 0.500. The van der Waals surface area contributed by atoms with E-state index in [1.165, 1.54) is 0 Å². The molecule has 0 unspecified atom stereocenters. The van der Waals surface area contributed by atoms with Gasteiger partial charge in [-0.3, -0.25) is 4.79 Å². The Kier molecular flexibility index (Phi) is 7.38. The van der Waals surface area contributed by atoms with Crippen molar-refractivity contribution in [3.05, 3.63) is 29.6 Å². The number of hydrogen-bond donors (Lipinski definition) is 1. The molecule has 1 aromatic rings. The maximum absolute atomic E-state index is 12.1. The molecule has 4 nitrogen and oxygen atoms in total. The number of pyridine rings is 1. The van der Waals surface area contributed by atoms with Gasteiger partial charge in [-0.1, -0.05) is 31.6 Å². The van der Waals surface area contributed by atoms with Gasteiger partial charge in [-0.2, -0.15) is 0 Å². The van der Waals surface area contributed by atoms with Crippen LogP contribution in [0.4, 0.5) is 0 Å². The van der Waals surface area contributed by atoms with Gasteiger partial charge in [0.2, 0.25) is 0 Å². The maximum atomic E-state index is 12.1. The minimum atomic E-state index is -0.0593. The number of aromatic nitrogens is 1. The van der Waals surface area contributed by atoms with Crippen LogP contribution in [0.3, 0.4) is 0 Å². The smallest absolute Gasteiger partial charge is 0.272 e. The zero-order chi connectivity index (χ0) is 14.8. The number of hydrogen-bond acceptors (Lipinski definition) is 3. The predicted octanol–water partition coefficient (Wildman–Crippen LogP) is 2.08. The van der Waals surface area contributed by atoms with Crippen molar-refractivity contribution in [2.45, 2.75) is 32.6 Å². The fourth-order valence-electron chi connectivity index (χ4n) is 1.71. The van der Waals surface area contributed by atoms with Gasteiger partial charge in [0.25, 0.3) is 5.91 Å². The summed E-state index contributed by atoms with van der Waals surface area (Å²) >= 11 is 0. The van der Waals surface area contributed by atoms with Gasteiger partial charge in [0.05, 0.1) is 6.61 Å². The molecule has 0 aliphatic heterocycles. The van der Waals surface area contributed by atoms with E-state index in [2.05, 4.69) is 23.7 Å². The lowest BCUT2D eigenvalue weighted by molar-refractivity contribution is 0.0787. The number of unbranched alkanes of at least 4 members (excludes halogenated alkanes) is 2. The van der Waals surface area contributed by atoms with Crippen LogP contribution in [0.25, 0.3) is 0 Å². The average molecular weight is 274 g/mol. The molecule has 0 fully saturated rings. The lowest BCUT2D eigenvalue weighted by Gasteiger charge is -2.16. The maximum Gasteiger partial charge on any atom is 0.272 e. The molecule has 20 heavy (non-hydrogen) atoms. The zero-order valence-electron chi connectivity index (χ0n) is 12.2. The first-order valence-corrected chi connectivity index (χ1v) is 7.00. The lowest BCUT2D eigenvalue weighted by atomic mass is 10.2. The molecule has 0 saturated heterocycles. The van der Waals surface area contributed by atoms with E-state index in [-0.39, 0.29) is 12.5 Å². The summed E-state index contributed by atoms with van der Waals surface area (Å²) in [6, 6.07) is 3.48. The van der Waals surface area contributed by atoms with Crippen molar-refractivity contribution in [2.24, 2.45) is 0 Å². The molecule has 1 amide bonds. The number of amides is 1. The second-order valence-electron chi connectivity index (χ2n) is 4.64. The molecule has 0 aliphatic rings. The minimum absolute atomic E-state index is 0.0551. The first-order chi connectivity index (χ1) is 9.69. The monoisotopic (exact) mass is 274 g/mol. The molecular formula is C16H22N2O2. The summed E-state index contributed by atoms with van der Waals surface area (Å²) in [5.41, 5.74) is 1.19. The van der Waals surface area contributed by atoms with Crippen molar-refractivity contribution in [3.8, 4) is 11.8 Å². The summed E-state index contributed by atoms with van der Waals surface area (Å²) in [5, 5.41) is 8.64. The van der Waals surface area contributed by atoms with Gasteiger partial charge < -0.3 is 10.0 Å². The molecule has 0 radical (unpaired) electrons. The normalized spacial score (nSPS) is 9.75. The van der Waals surface area contributed by atoms with E-state index in [1.54, 1.807) is 30.3 Å². The summed E-state index contributed by atoms with van der Waals surface area (Å²) in [4.78, 5) is 18.0. The van der Waals surface area contributed by atoms with Crippen molar-refractivity contribution in [1.82, 2.24) is 9.88 Å². The quantitative estimate of drug-likeness (QED) is 0.638. The van der Waals surface area contributed by atoms with Gasteiger partial charge in [0.15, 0.2) is 0 Å². The molecule has 0 aliphatic carbocycles. The average Bonchev–Trinajstić information content (AvgIpc) is 2.47. The first kappa shape index (κ1) is 16.2. The molecule has 108 valence electrons. The Morgan fingerprint density at radius 1 is 1.40 bits per heavy atom. The van der Waals surface area contributed by atoms with Crippen LogP contribution in [-0.4, -0.2) is 41.1 Å². The lowest BCUT2D eigenvalue weighted by Crippen LogP contribution is -2.28. The van der Waals surface area contributed by atoms with Gasteiger partial charge in [0, 0.05) is 31.8 Å². The number of carbonyl (C=O) groups excluding carboxylic acids is 1. The summed E-state index contributed by atoms with van der Waals surface area (Å²) in [7, 11) is 1.80. The van der Waals surface area contributed by atoms with Gasteiger partial charge in [-0.05, 0) is 18.6 Å². The highest BCUT2D eigenvalue weighted by Crippen LogP contribution is 2.04. The third-order valence-corrected chi connectivity index (χ3v) is 2.90. The van der Waals surface area contributed by atoms with Crippen LogP contribution in [0.5, 0.6) is 0 Å². The molecule has 4 heteroatoms. The van der Waals surface area contributed by atoms with E-state index < -0.39 is 0 Å². The van der Waals surface area contributed by atoms with Crippen LogP contribution in [0.2, 0.25) is 0 Å². The Labute approximate surface area is 120 Å².